The Morgan fingerprint density at radius 2 is 0.800 bits per heavy atom. The van der Waals surface area contributed by atoms with Gasteiger partial charge in [-0.05, 0) is 208 Å². The molecular weight excluding hydrogens is 1010 g/mol. The van der Waals surface area contributed by atoms with Gasteiger partial charge in [0.2, 0.25) is 0 Å². The van der Waals surface area contributed by atoms with Gasteiger partial charge in [-0.1, -0.05) is 78.9 Å². The van der Waals surface area contributed by atoms with Crippen molar-refractivity contribution < 1.29 is 8.78 Å². The lowest BCUT2D eigenvalue weighted by Gasteiger charge is -2.12. The van der Waals surface area contributed by atoms with E-state index in [-0.39, 0.29) is 11.6 Å². The van der Waals surface area contributed by atoms with E-state index in [0.717, 1.165) is 37.8 Å². The molecule has 0 N–H and O–H groups in total. The van der Waals surface area contributed by atoms with Gasteiger partial charge in [0.25, 0.3) is 0 Å². The summed E-state index contributed by atoms with van der Waals surface area (Å²) in [6.45, 7) is 3.93. The van der Waals surface area contributed by atoms with Crippen LogP contribution in [0, 0.1) is 39.8 Å². The largest absolute Gasteiger partial charge is 0.206 e. The van der Waals surface area contributed by atoms with Gasteiger partial charge < -0.3 is 0 Å². The molecule has 6 aromatic carbocycles. The molecule has 0 spiro atoms. The highest BCUT2D eigenvalue weighted by molar-refractivity contribution is 14.1. The molecule has 0 bridgehead atoms. The molecule has 0 aliphatic heterocycles. The van der Waals surface area contributed by atoms with E-state index in [1.807, 2.05) is 31.2 Å². The van der Waals surface area contributed by atoms with Crippen molar-refractivity contribution in [2.24, 2.45) is 0 Å². The summed E-state index contributed by atoms with van der Waals surface area (Å²) >= 11 is 8.56. The average Bonchev–Trinajstić information content (AvgIpc) is 3.02. The first kappa shape index (κ1) is 33.0. The molecule has 45 heavy (non-hydrogen) atoms. The summed E-state index contributed by atoms with van der Waals surface area (Å²) in [6.07, 6.45) is 0.861. The molecule has 0 aliphatic carbocycles. The molecule has 0 aliphatic rings. The number of halogens is 6. The van der Waals surface area contributed by atoms with Crippen molar-refractivity contribution in [2.45, 2.75) is 20.3 Å². The summed E-state index contributed by atoms with van der Waals surface area (Å²) in [5, 5.41) is 0. The zero-order valence-electron chi connectivity index (χ0n) is 24.4. The number of rotatable bonds is 6. The molecule has 6 rings (SSSR count). The van der Waals surface area contributed by atoms with Crippen LogP contribution in [0.5, 0.6) is 0 Å². The molecule has 6 aromatic rings. The van der Waals surface area contributed by atoms with E-state index in [2.05, 4.69) is 182 Å². The van der Waals surface area contributed by atoms with Crippen LogP contribution in [0.25, 0.3) is 44.5 Å². The summed E-state index contributed by atoms with van der Waals surface area (Å²) in [5.41, 5.74) is 13.4. The van der Waals surface area contributed by atoms with Gasteiger partial charge in [0.15, 0.2) is 0 Å². The molecule has 0 heterocycles. The molecule has 0 amide bonds. The number of hydrogen-bond donors (Lipinski definition) is 0. The van der Waals surface area contributed by atoms with Crippen molar-refractivity contribution in [3.8, 4) is 44.5 Å². The zero-order valence-corrected chi connectivity index (χ0v) is 33.0. The number of hydrogen-bond acceptors (Lipinski definition) is 0. The van der Waals surface area contributed by atoms with Gasteiger partial charge in [0.1, 0.15) is 11.6 Å². The Hall–Kier alpha value is -1.90. The summed E-state index contributed by atoms with van der Waals surface area (Å²) < 4.78 is 31.4. The zero-order chi connectivity index (χ0) is 31.8. The number of benzene rings is 6. The monoisotopic (exact) mass is 1040 g/mol. The molecule has 0 unspecified atom stereocenters. The second kappa shape index (κ2) is 14.1. The molecule has 0 aromatic heterocycles. The van der Waals surface area contributed by atoms with Crippen LogP contribution in [0.3, 0.4) is 0 Å². The lowest BCUT2D eigenvalue weighted by atomic mass is 9.94. The van der Waals surface area contributed by atoms with Crippen molar-refractivity contribution in [3.63, 3.8) is 0 Å². The Kier molecular flexibility index (Phi) is 10.3. The maximum absolute atomic E-state index is 14.2. The highest BCUT2D eigenvalue weighted by Crippen LogP contribution is 2.34. The molecule has 0 nitrogen and oxygen atoms in total. The average molecular weight is 1040 g/mol. The van der Waals surface area contributed by atoms with Crippen molar-refractivity contribution in [1.29, 1.82) is 0 Å². The Labute approximate surface area is 317 Å². The fourth-order valence-electron chi connectivity index (χ4n) is 5.55. The second-order valence-corrected chi connectivity index (χ2v) is 15.8. The van der Waals surface area contributed by atoms with Crippen molar-refractivity contribution >= 4 is 90.4 Å². The molecule has 6 heteroatoms. The van der Waals surface area contributed by atoms with Crippen LogP contribution in [0.4, 0.5) is 8.78 Å². The maximum atomic E-state index is 14.2. The highest BCUT2D eigenvalue weighted by atomic mass is 127. The van der Waals surface area contributed by atoms with E-state index in [1.54, 1.807) is 0 Å². The van der Waals surface area contributed by atoms with Crippen LogP contribution in [0.2, 0.25) is 0 Å². The molecule has 224 valence electrons. The fourth-order valence-corrected chi connectivity index (χ4v) is 8.91. The van der Waals surface area contributed by atoms with E-state index < -0.39 is 0 Å². The molecule has 0 saturated heterocycles. The molecule has 0 fully saturated rings. The first-order chi connectivity index (χ1) is 21.6. The van der Waals surface area contributed by atoms with Crippen molar-refractivity contribution in [3.05, 3.63) is 157 Å². The van der Waals surface area contributed by atoms with Crippen LogP contribution in [0.15, 0.2) is 109 Å². The summed E-state index contributed by atoms with van der Waals surface area (Å²) in [4.78, 5) is 0. The summed E-state index contributed by atoms with van der Waals surface area (Å²) in [7, 11) is 0. The molecule has 0 atom stereocenters. The van der Waals surface area contributed by atoms with Gasteiger partial charge >= 0.3 is 0 Å². The predicted molar refractivity (Wildman–Crippen MR) is 218 cm³/mol. The van der Waals surface area contributed by atoms with E-state index >= 15 is 0 Å². The Morgan fingerprint density at radius 3 is 1.29 bits per heavy atom. The van der Waals surface area contributed by atoms with Gasteiger partial charge in [0, 0.05) is 7.14 Å². The van der Waals surface area contributed by atoms with Crippen LogP contribution < -0.4 is 0 Å². The van der Waals surface area contributed by atoms with Crippen molar-refractivity contribution in [2.75, 3.05) is 0 Å². The van der Waals surface area contributed by atoms with Crippen LogP contribution in [-0.4, -0.2) is 0 Å². The number of aryl methyl sites for hydroxylation is 2. The standard InChI is InChI=1S/C39H26F2I4/c1-22-15-28(11-13-32(22)30-16-23(2)38(40)35(43)19-30)26-7-3-24(4-8-26)17-25-5-9-27(10-6-25)29-12-14-33(34(42)18-29)31-20-36(44)39(41)37(45)21-31/h3-16,18-21H,17H2,1-2H3. The lowest BCUT2D eigenvalue weighted by molar-refractivity contribution is 0.611. The van der Waals surface area contributed by atoms with Gasteiger partial charge in [-0.15, -0.1) is 0 Å². The Balaban J connectivity index is 1.15. The van der Waals surface area contributed by atoms with Crippen molar-refractivity contribution in [1.82, 2.24) is 0 Å². The summed E-state index contributed by atoms with van der Waals surface area (Å²) in [6, 6.07) is 38.2. The maximum Gasteiger partial charge on any atom is 0.149 e. The van der Waals surface area contributed by atoms with Gasteiger partial charge in [-0.25, -0.2) is 8.78 Å². The predicted octanol–water partition coefficient (Wildman–Crippen LogP) is 13.3. The minimum absolute atomic E-state index is 0.140. The minimum atomic E-state index is -0.156. The van der Waals surface area contributed by atoms with E-state index in [9.17, 15) is 8.78 Å². The van der Waals surface area contributed by atoms with Gasteiger partial charge in [-0.2, -0.15) is 0 Å². The molecule has 0 saturated carbocycles. The minimum Gasteiger partial charge on any atom is -0.206 e. The van der Waals surface area contributed by atoms with Gasteiger partial charge in [-0.3, -0.25) is 0 Å². The normalized spacial score (nSPS) is 11.2. The third kappa shape index (κ3) is 7.33. The lowest BCUT2D eigenvalue weighted by Crippen LogP contribution is -1.92. The van der Waals surface area contributed by atoms with E-state index in [4.69, 9.17) is 0 Å². The highest BCUT2D eigenvalue weighted by Gasteiger charge is 2.13. The third-order valence-corrected chi connectivity index (χ3v) is 11.2. The second-order valence-electron chi connectivity index (χ2n) is 11.1. The van der Waals surface area contributed by atoms with Crippen LogP contribution in [-0.2, 0) is 6.42 Å². The van der Waals surface area contributed by atoms with E-state index in [1.165, 1.54) is 33.4 Å². The fraction of sp³-hybridized carbons (Fsp3) is 0.0769. The third-order valence-electron chi connectivity index (χ3n) is 7.99. The quantitative estimate of drug-likeness (QED) is 0.115. The summed E-state index contributed by atoms with van der Waals surface area (Å²) in [5.74, 6) is -0.296. The van der Waals surface area contributed by atoms with Gasteiger partial charge in [0.05, 0.1) is 7.14 Å². The van der Waals surface area contributed by atoms with Crippen LogP contribution in [0.1, 0.15) is 22.3 Å². The van der Waals surface area contributed by atoms with E-state index in [0.29, 0.717) is 16.3 Å². The Bertz CT molecular complexity index is 1850. The Morgan fingerprint density at radius 1 is 0.400 bits per heavy atom. The molecule has 0 radical (unpaired) electrons. The van der Waals surface area contributed by atoms with Crippen LogP contribution >= 0.6 is 90.4 Å². The first-order valence-corrected chi connectivity index (χ1v) is 18.6. The SMILES string of the molecule is Cc1cc(-c2ccc(Cc3ccc(-c4ccc(-c5cc(I)c(F)c(I)c5)c(I)c4)cc3)cc2)ccc1-c1cc(C)c(F)c(I)c1. The topological polar surface area (TPSA) is 0 Å². The smallest absolute Gasteiger partial charge is 0.149 e. The molecular formula is C39H26F2I4. The first-order valence-electron chi connectivity index (χ1n) is 14.3.